The average molecular weight is 399 g/mol. The molecule has 24 heavy (non-hydrogen) atoms. The van der Waals surface area contributed by atoms with Crippen LogP contribution in [0.2, 0.25) is 15.1 Å². The molecule has 0 fully saturated rings. The minimum Gasteiger partial charge on any atom is -0.482 e. The van der Waals surface area contributed by atoms with Crippen LogP contribution in [0.4, 0.5) is 18.9 Å². The van der Waals surface area contributed by atoms with Gasteiger partial charge in [0.2, 0.25) is 0 Å². The Labute approximate surface area is 150 Å². The summed E-state index contributed by atoms with van der Waals surface area (Å²) in [4.78, 5) is 11.8. The Hall–Kier alpha value is -1.63. The van der Waals surface area contributed by atoms with Crippen molar-refractivity contribution in [2.45, 2.75) is 6.18 Å². The van der Waals surface area contributed by atoms with Gasteiger partial charge in [-0.05, 0) is 30.3 Å². The largest absolute Gasteiger partial charge is 0.482 e. The molecule has 9 heteroatoms. The summed E-state index contributed by atoms with van der Waals surface area (Å²) < 4.78 is 43.2. The molecule has 0 spiro atoms. The Kier molecular flexibility index (Phi) is 5.85. The molecule has 1 N–H and O–H groups in total. The summed E-state index contributed by atoms with van der Waals surface area (Å²) in [7, 11) is 0. The van der Waals surface area contributed by atoms with E-state index < -0.39 is 24.3 Å². The third-order valence-electron chi connectivity index (χ3n) is 2.82. The van der Waals surface area contributed by atoms with Crippen LogP contribution in [0.1, 0.15) is 5.56 Å². The summed E-state index contributed by atoms with van der Waals surface area (Å²) in [6, 6.07) is 7.05. The Morgan fingerprint density at radius 1 is 1.04 bits per heavy atom. The molecule has 0 saturated carbocycles. The van der Waals surface area contributed by atoms with Crippen LogP contribution in [0.5, 0.6) is 5.75 Å². The van der Waals surface area contributed by atoms with Crippen molar-refractivity contribution < 1.29 is 22.7 Å². The van der Waals surface area contributed by atoms with Gasteiger partial charge in [0.05, 0.1) is 21.3 Å². The summed E-state index contributed by atoms with van der Waals surface area (Å²) in [6.07, 6.45) is -4.55. The maximum atomic E-state index is 12.7. The maximum Gasteiger partial charge on any atom is 0.416 e. The molecule has 0 radical (unpaired) electrons. The average Bonchev–Trinajstić information content (AvgIpc) is 2.49. The molecule has 0 aliphatic rings. The van der Waals surface area contributed by atoms with Gasteiger partial charge in [0.1, 0.15) is 5.75 Å². The molecule has 2 rings (SSSR count). The second kappa shape index (κ2) is 7.51. The van der Waals surface area contributed by atoms with Gasteiger partial charge in [-0.3, -0.25) is 4.79 Å². The van der Waals surface area contributed by atoms with Gasteiger partial charge < -0.3 is 10.1 Å². The molecule has 0 aliphatic heterocycles. The summed E-state index contributed by atoms with van der Waals surface area (Å²) in [6.45, 7) is -0.480. The number of alkyl halides is 3. The molecule has 0 unspecified atom stereocenters. The predicted molar refractivity (Wildman–Crippen MR) is 87.0 cm³/mol. The molecule has 0 heterocycles. The predicted octanol–water partition coefficient (Wildman–Crippen LogP) is 5.68. The van der Waals surface area contributed by atoms with Crippen LogP contribution in [-0.4, -0.2) is 12.5 Å². The molecule has 0 aromatic heterocycles. The Balaban J connectivity index is 2.06. The zero-order valence-corrected chi connectivity index (χ0v) is 14.0. The van der Waals surface area contributed by atoms with E-state index >= 15 is 0 Å². The lowest BCUT2D eigenvalue weighted by Gasteiger charge is -2.12. The highest BCUT2D eigenvalue weighted by Gasteiger charge is 2.31. The van der Waals surface area contributed by atoms with E-state index in [1.165, 1.54) is 12.1 Å². The van der Waals surface area contributed by atoms with Crippen LogP contribution < -0.4 is 10.1 Å². The molecule has 0 saturated heterocycles. The minimum absolute atomic E-state index is 0.0304. The summed E-state index contributed by atoms with van der Waals surface area (Å²) in [5.74, 6) is -0.526. The van der Waals surface area contributed by atoms with Crippen LogP contribution in [0.25, 0.3) is 0 Å². The van der Waals surface area contributed by atoms with Crippen molar-refractivity contribution in [3.05, 3.63) is 57.0 Å². The topological polar surface area (TPSA) is 38.3 Å². The van der Waals surface area contributed by atoms with Crippen LogP contribution in [0.3, 0.4) is 0 Å². The number of rotatable bonds is 4. The van der Waals surface area contributed by atoms with Crippen LogP contribution in [0, 0.1) is 0 Å². The number of hydrogen-bond donors (Lipinski definition) is 1. The van der Waals surface area contributed by atoms with Gasteiger partial charge in [0.15, 0.2) is 6.61 Å². The van der Waals surface area contributed by atoms with E-state index in [9.17, 15) is 18.0 Å². The Morgan fingerprint density at radius 3 is 2.38 bits per heavy atom. The zero-order chi connectivity index (χ0) is 17.9. The van der Waals surface area contributed by atoms with Gasteiger partial charge in [-0.25, -0.2) is 0 Å². The first-order valence-corrected chi connectivity index (χ1v) is 7.54. The molecular weight excluding hydrogens is 390 g/mol. The molecule has 3 nitrogen and oxygen atoms in total. The number of carbonyl (C=O) groups excluding carboxylic acids is 1. The highest BCUT2D eigenvalue weighted by atomic mass is 35.5. The van der Waals surface area contributed by atoms with Gasteiger partial charge in [-0.2, -0.15) is 13.2 Å². The second-order valence-corrected chi connectivity index (χ2v) is 5.85. The third kappa shape index (κ3) is 4.93. The smallest absolute Gasteiger partial charge is 0.416 e. The monoisotopic (exact) mass is 397 g/mol. The van der Waals surface area contributed by atoms with Crippen molar-refractivity contribution in [2.24, 2.45) is 0 Å². The zero-order valence-electron chi connectivity index (χ0n) is 11.8. The first kappa shape index (κ1) is 18.7. The highest BCUT2D eigenvalue weighted by Crippen LogP contribution is 2.34. The van der Waals surface area contributed by atoms with Crippen LogP contribution in [-0.2, 0) is 11.0 Å². The lowest BCUT2D eigenvalue weighted by molar-refractivity contribution is -0.137. The summed E-state index contributed by atoms with van der Waals surface area (Å²) in [5, 5.41) is 2.82. The lowest BCUT2D eigenvalue weighted by atomic mass is 10.2. The van der Waals surface area contributed by atoms with Gasteiger partial charge in [-0.15, -0.1) is 0 Å². The number of amides is 1. The van der Waals surface area contributed by atoms with E-state index in [4.69, 9.17) is 39.5 Å². The van der Waals surface area contributed by atoms with E-state index in [1.807, 2.05) is 0 Å². The minimum atomic E-state index is -4.55. The molecule has 2 aromatic rings. The number of nitrogens with one attached hydrogen (secondary N) is 1. The fourth-order valence-electron chi connectivity index (χ4n) is 1.71. The lowest BCUT2D eigenvalue weighted by Crippen LogP contribution is -2.21. The molecule has 0 aliphatic carbocycles. The van der Waals surface area contributed by atoms with Crippen molar-refractivity contribution in [3.8, 4) is 5.75 Å². The SMILES string of the molecule is O=C(COc1cc(Cl)ccc1Cl)Nc1cc(C(F)(F)F)ccc1Cl. The number of ether oxygens (including phenoxy) is 1. The van der Waals surface area contributed by atoms with Crippen molar-refractivity contribution in [1.29, 1.82) is 0 Å². The number of anilines is 1. The normalized spacial score (nSPS) is 11.2. The van der Waals surface area contributed by atoms with Crippen molar-refractivity contribution >= 4 is 46.4 Å². The van der Waals surface area contributed by atoms with Crippen molar-refractivity contribution in [2.75, 3.05) is 11.9 Å². The molecule has 0 bridgehead atoms. The molecule has 0 atom stereocenters. The van der Waals surface area contributed by atoms with E-state index in [1.54, 1.807) is 6.07 Å². The van der Waals surface area contributed by atoms with Crippen LogP contribution >= 0.6 is 34.8 Å². The Bertz CT molecular complexity index is 766. The highest BCUT2D eigenvalue weighted by molar-refractivity contribution is 6.34. The summed E-state index contributed by atoms with van der Waals surface area (Å²) >= 11 is 17.4. The molecule has 1 amide bonds. The van der Waals surface area contributed by atoms with E-state index in [-0.39, 0.29) is 21.5 Å². The fraction of sp³-hybridized carbons (Fsp3) is 0.133. The number of benzene rings is 2. The first-order chi connectivity index (χ1) is 11.2. The summed E-state index contributed by atoms with van der Waals surface area (Å²) in [5.41, 5.74) is -1.10. The fourth-order valence-corrected chi connectivity index (χ4v) is 2.21. The molecular formula is C15H9Cl3F3NO2. The molecule has 2 aromatic carbocycles. The third-order valence-corrected chi connectivity index (χ3v) is 3.70. The van der Waals surface area contributed by atoms with E-state index in [0.29, 0.717) is 5.02 Å². The van der Waals surface area contributed by atoms with Gasteiger partial charge in [0, 0.05) is 11.1 Å². The number of halogens is 6. The van der Waals surface area contributed by atoms with Crippen molar-refractivity contribution in [3.63, 3.8) is 0 Å². The number of hydrogen-bond acceptors (Lipinski definition) is 2. The first-order valence-electron chi connectivity index (χ1n) is 6.41. The van der Waals surface area contributed by atoms with E-state index in [2.05, 4.69) is 5.32 Å². The number of carbonyl (C=O) groups is 1. The second-order valence-electron chi connectivity index (χ2n) is 4.60. The quantitative estimate of drug-likeness (QED) is 0.719. The van der Waals surface area contributed by atoms with Gasteiger partial charge >= 0.3 is 6.18 Å². The van der Waals surface area contributed by atoms with Crippen molar-refractivity contribution in [1.82, 2.24) is 0 Å². The Morgan fingerprint density at radius 2 is 1.71 bits per heavy atom. The van der Waals surface area contributed by atoms with E-state index in [0.717, 1.165) is 18.2 Å². The van der Waals surface area contributed by atoms with Gasteiger partial charge in [0.25, 0.3) is 5.91 Å². The molecule has 128 valence electrons. The standard InChI is InChI=1S/C15H9Cl3F3NO2/c16-9-2-4-11(18)13(6-9)24-7-14(23)22-12-5-8(15(19,20)21)1-3-10(12)17/h1-6H,7H2,(H,22,23). The van der Waals surface area contributed by atoms with Gasteiger partial charge in [-0.1, -0.05) is 34.8 Å². The maximum absolute atomic E-state index is 12.7. The van der Waals surface area contributed by atoms with Crippen LogP contribution in [0.15, 0.2) is 36.4 Å².